The van der Waals surface area contributed by atoms with Crippen molar-refractivity contribution in [2.24, 2.45) is 0 Å². The van der Waals surface area contributed by atoms with E-state index in [9.17, 15) is 4.11 Å². The zero-order chi connectivity index (χ0) is 39.7. The molecule has 0 bridgehead atoms. The first-order valence-electron chi connectivity index (χ1n) is 20.1. The fraction of sp³-hybridized carbons (Fsp3) is 0. The Kier molecular flexibility index (Phi) is 2.53. The maximum absolute atomic E-state index is 9.45. The average Bonchev–Trinajstić information content (AvgIpc) is 3.59. The van der Waals surface area contributed by atoms with Crippen molar-refractivity contribution in [1.29, 1.82) is 0 Å². The molecular weight excluding hydrogens is 472 g/mol. The second-order valence-electron chi connectivity index (χ2n) is 8.85. The summed E-state index contributed by atoms with van der Waals surface area (Å²) in [5.41, 5.74) is -1.02. The van der Waals surface area contributed by atoms with Crippen LogP contribution in [0.1, 0.15) is 21.9 Å². The van der Waals surface area contributed by atoms with Gasteiger partial charge in [-0.25, -0.2) is 0 Å². The molecule has 0 aliphatic heterocycles. The molecule has 0 atom stereocenters. The summed E-state index contributed by atoms with van der Waals surface area (Å²) in [6, 6.07) is 4.39. The van der Waals surface area contributed by atoms with E-state index in [2.05, 4.69) is 0 Å². The molecule has 0 aliphatic carbocycles. The van der Waals surface area contributed by atoms with Gasteiger partial charge in [0.1, 0.15) is 11.2 Å². The fourth-order valence-electron chi connectivity index (χ4n) is 5.06. The van der Waals surface area contributed by atoms with Gasteiger partial charge in [0.15, 0.2) is 0 Å². The molecule has 0 saturated carbocycles. The van der Waals surface area contributed by atoms with Crippen LogP contribution in [0.5, 0.6) is 0 Å². The van der Waals surface area contributed by atoms with Gasteiger partial charge in [0.25, 0.3) is 0 Å². The van der Waals surface area contributed by atoms with Crippen LogP contribution >= 0.6 is 0 Å². The molecule has 1 heterocycles. The van der Waals surface area contributed by atoms with E-state index in [1.54, 1.807) is 48.5 Å². The quantitative estimate of drug-likeness (QED) is 0.215. The Morgan fingerprint density at radius 3 is 1.62 bits per heavy atom. The first-order valence-corrected chi connectivity index (χ1v) is 12.1. The third kappa shape index (κ3) is 3.48. The second-order valence-corrected chi connectivity index (χ2v) is 8.85. The summed E-state index contributed by atoms with van der Waals surface area (Å²) >= 11 is 0. The summed E-state index contributed by atoms with van der Waals surface area (Å²) in [6.45, 7) is 0. The molecule has 182 valence electrons. The first kappa shape index (κ1) is 11.3. The Labute approximate surface area is 249 Å². The van der Waals surface area contributed by atoms with Crippen LogP contribution in [0.2, 0.25) is 0 Å². The van der Waals surface area contributed by atoms with E-state index < -0.39 is 102 Å². The maximum Gasteiger partial charge on any atom is 0.136 e. The zero-order valence-electron chi connectivity index (χ0n) is 36.0. The molecule has 1 aromatic heterocycles. The van der Waals surface area contributed by atoms with Crippen LogP contribution in [0.4, 0.5) is 0 Å². The lowest BCUT2D eigenvalue weighted by molar-refractivity contribution is 0.669. The standard InChI is InChI=1S/C38H24O/c1-2-11-25(12-3-1)26-13-10-14-27(23-26)37-31-16-4-6-18-33(31)38(34-19-7-5-17-32(34)37)28-21-22-30-29-15-8-9-20-35(29)39-36(30)24-28/h1-24H/i1D,2D,3D,8D,9D,10D,11D,12D,13D,14D,15D,20D,21D,22D,23D,24D. The Morgan fingerprint density at radius 1 is 0.385 bits per heavy atom. The highest BCUT2D eigenvalue weighted by Crippen LogP contribution is 2.45. The number of benzene rings is 7. The number of furan rings is 1. The lowest BCUT2D eigenvalue weighted by Crippen LogP contribution is -1.91. The summed E-state index contributed by atoms with van der Waals surface area (Å²) in [6.07, 6.45) is 0. The lowest BCUT2D eigenvalue weighted by Gasteiger charge is -2.18. The molecule has 0 N–H and O–H groups in total. The minimum absolute atomic E-state index is 0.0505. The van der Waals surface area contributed by atoms with Crippen LogP contribution in [0.25, 0.3) is 76.9 Å². The van der Waals surface area contributed by atoms with Crippen LogP contribution in [-0.2, 0) is 0 Å². The van der Waals surface area contributed by atoms with E-state index in [1.807, 2.05) is 0 Å². The minimum atomic E-state index is -0.691. The number of para-hydroxylation sites is 1. The molecule has 1 heteroatoms. The van der Waals surface area contributed by atoms with Gasteiger partial charge >= 0.3 is 0 Å². The van der Waals surface area contributed by atoms with Crippen molar-refractivity contribution in [3.05, 3.63) is 145 Å². The molecule has 1 nitrogen and oxygen atoms in total. The van der Waals surface area contributed by atoms with Crippen LogP contribution in [0, 0.1) is 0 Å². The molecule has 0 spiro atoms. The third-order valence-corrected chi connectivity index (χ3v) is 6.69. The largest absolute Gasteiger partial charge is 0.456 e. The van der Waals surface area contributed by atoms with E-state index in [-0.39, 0.29) is 44.7 Å². The highest BCUT2D eigenvalue weighted by atomic mass is 16.3. The molecule has 39 heavy (non-hydrogen) atoms. The van der Waals surface area contributed by atoms with Gasteiger partial charge in [-0.2, -0.15) is 0 Å². The predicted molar refractivity (Wildman–Crippen MR) is 165 cm³/mol. The lowest BCUT2D eigenvalue weighted by atomic mass is 9.85. The second kappa shape index (κ2) is 8.72. The Bertz CT molecular complexity index is 2970. The zero-order valence-corrected chi connectivity index (χ0v) is 20.0. The van der Waals surface area contributed by atoms with Gasteiger partial charge in [0, 0.05) is 10.8 Å². The molecular formula is C38H24O. The molecule has 8 aromatic rings. The van der Waals surface area contributed by atoms with Gasteiger partial charge in [-0.3, -0.25) is 0 Å². The molecule has 0 unspecified atom stereocenters. The van der Waals surface area contributed by atoms with Gasteiger partial charge < -0.3 is 4.42 Å². The Hall–Kier alpha value is -5.14. The van der Waals surface area contributed by atoms with Gasteiger partial charge in [-0.15, -0.1) is 0 Å². The molecule has 0 aliphatic rings. The number of hydrogen-bond acceptors (Lipinski definition) is 1. The summed E-state index contributed by atoms with van der Waals surface area (Å²) in [5.74, 6) is 0. The van der Waals surface area contributed by atoms with Crippen molar-refractivity contribution in [2.75, 3.05) is 0 Å². The summed E-state index contributed by atoms with van der Waals surface area (Å²) in [5, 5.41) is 1.30. The van der Waals surface area contributed by atoms with Crippen molar-refractivity contribution >= 4 is 43.5 Å². The Balaban J connectivity index is 1.54. The van der Waals surface area contributed by atoms with E-state index in [4.69, 9.17) is 22.2 Å². The topological polar surface area (TPSA) is 13.1 Å². The van der Waals surface area contributed by atoms with Crippen molar-refractivity contribution in [3.8, 4) is 33.4 Å². The van der Waals surface area contributed by atoms with Crippen LogP contribution in [0.15, 0.2) is 150 Å². The van der Waals surface area contributed by atoms with Crippen LogP contribution in [-0.4, -0.2) is 0 Å². The molecule has 0 radical (unpaired) electrons. The summed E-state index contributed by atoms with van der Waals surface area (Å²) in [4.78, 5) is 0. The van der Waals surface area contributed by atoms with E-state index >= 15 is 0 Å². The summed E-state index contributed by atoms with van der Waals surface area (Å²) < 4.78 is 145. The van der Waals surface area contributed by atoms with Gasteiger partial charge in [0.2, 0.25) is 0 Å². The minimum Gasteiger partial charge on any atom is -0.456 e. The van der Waals surface area contributed by atoms with E-state index in [0.717, 1.165) is 0 Å². The van der Waals surface area contributed by atoms with Crippen molar-refractivity contribution in [2.45, 2.75) is 0 Å². The maximum atomic E-state index is 9.45. The fourth-order valence-corrected chi connectivity index (χ4v) is 5.06. The van der Waals surface area contributed by atoms with Crippen LogP contribution < -0.4 is 0 Å². The highest BCUT2D eigenvalue weighted by Gasteiger charge is 2.18. The summed E-state index contributed by atoms with van der Waals surface area (Å²) in [7, 11) is 0. The van der Waals surface area contributed by atoms with Gasteiger partial charge in [-0.05, 0) is 79.1 Å². The van der Waals surface area contributed by atoms with E-state index in [1.165, 1.54) is 0 Å². The van der Waals surface area contributed by atoms with E-state index in [0.29, 0.717) is 27.1 Å². The molecule has 0 saturated heterocycles. The SMILES string of the molecule is [2H]c1c([2H])c([2H])c(-c2c([2H])c([2H])c([2H])c(-c3c4ccccc4c(-c4c([2H])c([2H])c5c(oc6c([2H])c([2H])c([2H])c([2H])c65)c4[2H])c4ccccc34)c2[2H])c([2H])c1[2H]. The highest BCUT2D eigenvalue weighted by molar-refractivity contribution is 6.22. The van der Waals surface area contributed by atoms with Crippen molar-refractivity contribution < 1.29 is 26.3 Å². The van der Waals surface area contributed by atoms with Crippen molar-refractivity contribution in [3.63, 3.8) is 0 Å². The predicted octanol–water partition coefficient (Wildman–Crippen LogP) is 10.9. The molecule has 7 aromatic carbocycles. The van der Waals surface area contributed by atoms with Crippen molar-refractivity contribution in [1.82, 2.24) is 0 Å². The van der Waals surface area contributed by atoms with Gasteiger partial charge in [0.05, 0.1) is 21.9 Å². The smallest absolute Gasteiger partial charge is 0.136 e. The van der Waals surface area contributed by atoms with Gasteiger partial charge in [-0.1, -0.05) is 121 Å². The average molecular weight is 513 g/mol. The molecule has 0 fully saturated rings. The normalized spacial score (nSPS) is 17.3. The number of rotatable bonds is 3. The van der Waals surface area contributed by atoms with Crippen LogP contribution in [0.3, 0.4) is 0 Å². The number of fused-ring (bicyclic) bond motifs is 5. The molecule has 0 amide bonds. The Morgan fingerprint density at radius 2 is 0.923 bits per heavy atom. The number of hydrogen-bond donors (Lipinski definition) is 0. The third-order valence-electron chi connectivity index (χ3n) is 6.69. The monoisotopic (exact) mass is 512 g/mol. The first-order chi connectivity index (χ1) is 26.0. The molecule has 8 rings (SSSR count).